The first kappa shape index (κ1) is 31.9. The molecule has 0 aliphatic heterocycles. The molecule has 31 heavy (non-hydrogen) atoms. The summed E-state index contributed by atoms with van der Waals surface area (Å²) in [5, 5.41) is 0. The summed E-state index contributed by atoms with van der Waals surface area (Å²) in [5.74, 6) is -0.0659. The fourth-order valence-electron chi connectivity index (χ4n) is 3.28. The molecule has 0 aromatic rings. The van der Waals surface area contributed by atoms with Crippen LogP contribution in [0.2, 0.25) is 0 Å². The van der Waals surface area contributed by atoms with Crippen LogP contribution in [0.1, 0.15) is 129 Å². The average molecular weight is 445 g/mol. The van der Waals surface area contributed by atoms with Gasteiger partial charge in [0.1, 0.15) is 6.61 Å². The monoisotopic (exact) mass is 444 g/mol. The lowest BCUT2D eigenvalue weighted by Crippen LogP contribution is -2.18. The van der Waals surface area contributed by atoms with E-state index in [-0.39, 0.29) is 5.97 Å². The van der Waals surface area contributed by atoms with Gasteiger partial charge in [0, 0.05) is 13.0 Å². The van der Waals surface area contributed by atoms with Crippen molar-refractivity contribution in [3.8, 4) is 0 Å². The number of amides is 2. The minimum Gasteiger partial charge on any atom is -0.463 e. The predicted octanol–water partition coefficient (Wildman–Crippen LogP) is 6.63. The van der Waals surface area contributed by atoms with Crippen LogP contribution in [-0.2, 0) is 14.3 Å². The second-order valence-corrected chi connectivity index (χ2v) is 8.29. The van der Waals surface area contributed by atoms with Gasteiger partial charge in [0.25, 0.3) is 0 Å². The minimum atomic E-state index is -0.833. The van der Waals surface area contributed by atoms with Crippen LogP contribution in [0.5, 0.6) is 0 Å². The van der Waals surface area contributed by atoms with Crippen LogP contribution in [0.3, 0.4) is 0 Å². The topological polar surface area (TPSA) is 105 Å². The van der Waals surface area contributed by atoms with E-state index >= 15 is 0 Å². The highest BCUT2D eigenvalue weighted by atomic mass is 16.6. The molecule has 2 amide bonds. The largest absolute Gasteiger partial charge is 0.463 e. The Hall–Kier alpha value is -1.30. The molecule has 0 rings (SSSR count). The number of rotatable bonds is 22. The van der Waals surface area contributed by atoms with E-state index in [0.29, 0.717) is 19.6 Å². The zero-order valence-electron chi connectivity index (χ0n) is 20.6. The number of hydrogen-bond donors (Lipinski definition) is 2. The first-order valence-electron chi connectivity index (χ1n) is 12.8. The lowest BCUT2D eigenvalue weighted by atomic mass is 10.0. The highest BCUT2D eigenvalue weighted by molar-refractivity contribution is 5.69. The Morgan fingerprint density at radius 1 is 0.548 bits per heavy atom. The number of carbonyl (C=O) groups excluding carboxylic acids is 2. The van der Waals surface area contributed by atoms with Crippen molar-refractivity contribution in [2.24, 2.45) is 11.5 Å². The number of ether oxygens (including phenoxy) is 2. The van der Waals surface area contributed by atoms with Crippen LogP contribution in [0.15, 0.2) is 0 Å². The third-order valence-corrected chi connectivity index (χ3v) is 5.12. The molecular weight excluding hydrogens is 392 g/mol. The van der Waals surface area contributed by atoms with Crippen molar-refractivity contribution >= 4 is 12.0 Å². The van der Waals surface area contributed by atoms with Crippen LogP contribution in [-0.4, -0.2) is 31.8 Å². The number of unbranched alkanes of at least 4 members (excludes halogenated alkanes) is 15. The van der Waals surface area contributed by atoms with Crippen LogP contribution >= 0.6 is 0 Å². The SMILES string of the molecule is CCCCCCCCCCCCCCCCCC(=O)OCCOCCCC.NC(N)=O. The molecule has 0 spiro atoms. The van der Waals surface area contributed by atoms with Crippen LogP contribution in [0.4, 0.5) is 4.79 Å². The van der Waals surface area contributed by atoms with Gasteiger partial charge < -0.3 is 20.9 Å². The van der Waals surface area contributed by atoms with Crippen molar-refractivity contribution in [1.82, 2.24) is 0 Å². The fourth-order valence-corrected chi connectivity index (χ4v) is 3.28. The van der Waals surface area contributed by atoms with Crippen molar-refractivity contribution < 1.29 is 19.1 Å². The summed E-state index contributed by atoms with van der Waals surface area (Å²) in [6.45, 7) is 6.13. The number of hydrogen-bond acceptors (Lipinski definition) is 4. The maximum absolute atomic E-state index is 11.6. The molecule has 6 nitrogen and oxygen atoms in total. The van der Waals surface area contributed by atoms with Crippen LogP contribution in [0, 0.1) is 0 Å². The Bertz CT molecular complexity index is 375. The molecule has 0 saturated carbocycles. The third-order valence-electron chi connectivity index (χ3n) is 5.12. The second-order valence-electron chi connectivity index (χ2n) is 8.29. The van der Waals surface area contributed by atoms with Gasteiger partial charge in [0.2, 0.25) is 0 Å². The van der Waals surface area contributed by atoms with Crippen molar-refractivity contribution in [2.75, 3.05) is 19.8 Å². The maximum atomic E-state index is 11.6. The first-order chi connectivity index (χ1) is 15.0. The van der Waals surface area contributed by atoms with E-state index in [1.165, 1.54) is 83.5 Å². The maximum Gasteiger partial charge on any atom is 0.309 e. The minimum absolute atomic E-state index is 0.0659. The molecule has 0 saturated heterocycles. The van der Waals surface area contributed by atoms with Gasteiger partial charge in [0.15, 0.2) is 0 Å². The average Bonchev–Trinajstić information content (AvgIpc) is 2.73. The molecule has 0 aliphatic carbocycles. The smallest absolute Gasteiger partial charge is 0.309 e. The lowest BCUT2D eigenvalue weighted by Gasteiger charge is -2.06. The molecule has 0 bridgehead atoms. The molecule has 186 valence electrons. The Labute approximate surface area is 192 Å². The molecule has 0 aliphatic rings. The predicted molar refractivity (Wildman–Crippen MR) is 130 cm³/mol. The summed E-state index contributed by atoms with van der Waals surface area (Å²) in [5.41, 5.74) is 8.50. The molecule has 4 N–H and O–H groups in total. The van der Waals surface area contributed by atoms with Gasteiger partial charge >= 0.3 is 12.0 Å². The van der Waals surface area contributed by atoms with Gasteiger partial charge in [-0.25, -0.2) is 4.79 Å². The quantitative estimate of drug-likeness (QED) is 0.144. The van der Waals surface area contributed by atoms with E-state index in [2.05, 4.69) is 25.3 Å². The molecule has 0 aromatic heterocycles. The molecule has 0 heterocycles. The normalized spacial score (nSPS) is 10.4. The molecule has 0 radical (unpaired) electrons. The highest BCUT2D eigenvalue weighted by Crippen LogP contribution is 2.13. The Morgan fingerprint density at radius 2 is 0.935 bits per heavy atom. The van der Waals surface area contributed by atoms with Gasteiger partial charge in [0.05, 0.1) is 6.61 Å². The molecule has 0 aromatic carbocycles. The summed E-state index contributed by atoms with van der Waals surface area (Å²) in [7, 11) is 0. The molecule has 0 unspecified atom stereocenters. The Kier molecular flexibility index (Phi) is 29.5. The standard InChI is InChI=1S/C24H48O3.CH4N2O/c1-3-5-7-8-9-10-11-12-13-14-15-16-17-18-19-20-24(25)27-23-22-26-21-6-4-2;2-1(3)4/h3-23H2,1-2H3;(H4,2,3,4). The highest BCUT2D eigenvalue weighted by Gasteiger charge is 2.02. The van der Waals surface area contributed by atoms with E-state index in [1.54, 1.807) is 0 Å². The molecule has 0 atom stereocenters. The summed E-state index contributed by atoms with van der Waals surface area (Å²) in [6, 6.07) is -0.833. The van der Waals surface area contributed by atoms with Gasteiger partial charge in [-0.2, -0.15) is 0 Å². The van der Waals surface area contributed by atoms with Gasteiger partial charge in [-0.1, -0.05) is 110 Å². The van der Waals surface area contributed by atoms with Gasteiger partial charge in [-0.3, -0.25) is 4.79 Å². The van der Waals surface area contributed by atoms with Crippen molar-refractivity contribution in [1.29, 1.82) is 0 Å². The summed E-state index contributed by atoms with van der Waals surface area (Å²) in [4.78, 5) is 20.6. The van der Waals surface area contributed by atoms with Crippen molar-refractivity contribution in [3.63, 3.8) is 0 Å². The summed E-state index contributed by atoms with van der Waals surface area (Å²) in [6.07, 6.45) is 23.0. The van der Waals surface area contributed by atoms with E-state index in [4.69, 9.17) is 14.3 Å². The number of carbonyl (C=O) groups is 2. The number of esters is 1. The van der Waals surface area contributed by atoms with Gasteiger partial charge in [-0.15, -0.1) is 0 Å². The summed E-state index contributed by atoms with van der Waals surface area (Å²) < 4.78 is 10.6. The summed E-state index contributed by atoms with van der Waals surface area (Å²) >= 11 is 0. The van der Waals surface area contributed by atoms with E-state index < -0.39 is 6.03 Å². The Balaban J connectivity index is 0. The second kappa shape index (κ2) is 28.7. The third kappa shape index (κ3) is 36.4. The van der Waals surface area contributed by atoms with E-state index in [0.717, 1.165) is 32.3 Å². The lowest BCUT2D eigenvalue weighted by molar-refractivity contribution is -0.145. The van der Waals surface area contributed by atoms with Crippen LogP contribution < -0.4 is 11.5 Å². The number of urea groups is 1. The Morgan fingerprint density at radius 3 is 1.35 bits per heavy atom. The van der Waals surface area contributed by atoms with Crippen molar-refractivity contribution in [3.05, 3.63) is 0 Å². The van der Waals surface area contributed by atoms with Gasteiger partial charge in [-0.05, 0) is 12.8 Å². The first-order valence-corrected chi connectivity index (χ1v) is 12.8. The number of primary amides is 2. The van der Waals surface area contributed by atoms with Crippen molar-refractivity contribution in [2.45, 2.75) is 129 Å². The zero-order valence-corrected chi connectivity index (χ0v) is 20.6. The van der Waals surface area contributed by atoms with E-state index in [9.17, 15) is 4.79 Å². The van der Waals surface area contributed by atoms with E-state index in [1.807, 2.05) is 0 Å². The zero-order chi connectivity index (χ0) is 23.4. The molecule has 0 fully saturated rings. The molecular formula is C25H52N2O4. The number of nitrogens with two attached hydrogens (primary N) is 2. The fraction of sp³-hybridized carbons (Fsp3) is 0.920. The molecule has 6 heteroatoms. The van der Waals surface area contributed by atoms with Crippen LogP contribution in [0.25, 0.3) is 0 Å².